The Morgan fingerprint density at radius 1 is 1.36 bits per heavy atom. The fourth-order valence-electron chi connectivity index (χ4n) is 2.66. The van der Waals surface area contributed by atoms with E-state index < -0.39 is 0 Å². The Hall–Kier alpha value is -2.32. The highest BCUT2D eigenvalue weighted by atomic mass is 32.1. The summed E-state index contributed by atoms with van der Waals surface area (Å²) >= 11 is 1.37. The van der Waals surface area contributed by atoms with E-state index in [1.807, 2.05) is 32.2 Å². The van der Waals surface area contributed by atoms with Crippen molar-refractivity contribution in [3.8, 4) is 6.07 Å². The van der Waals surface area contributed by atoms with Gasteiger partial charge in [-0.2, -0.15) is 9.64 Å². The van der Waals surface area contributed by atoms with Gasteiger partial charge in [-0.1, -0.05) is 25.1 Å². The van der Waals surface area contributed by atoms with Gasteiger partial charge in [0.25, 0.3) is 0 Å². The Morgan fingerprint density at radius 3 is 2.86 bits per heavy atom. The maximum Gasteiger partial charge on any atom is 0.134 e. The first-order valence-electron chi connectivity index (χ1n) is 7.22. The zero-order valence-corrected chi connectivity index (χ0v) is 13.7. The average molecular weight is 311 g/mol. The first-order chi connectivity index (χ1) is 10.7. The van der Waals surface area contributed by atoms with Gasteiger partial charge in [-0.15, -0.1) is 0 Å². The maximum atomic E-state index is 9.31. The molecule has 0 aliphatic heterocycles. The summed E-state index contributed by atoms with van der Waals surface area (Å²) in [6, 6.07) is 10.3. The molecular formula is C17H17N3OS. The predicted octanol–water partition coefficient (Wildman–Crippen LogP) is 4.27. The van der Waals surface area contributed by atoms with Crippen LogP contribution in [0, 0.1) is 18.3 Å². The molecule has 0 atom stereocenters. The number of nitriles is 1. The molecule has 3 aromatic rings. The summed E-state index contributed by atoms with van der Waals surface area (Å²) in [5, 5.41) is 11.4. The van der Waals surface area contributed by atoms with Crippen LogP contribution in [-0.4, -0.2) is 11.4 Å². The Kier molecular flexibility index (Phi) is 3.86. The topological polar surface area (TPSA) is 53.1 Å². The number of para-hydroxylation sites is 1. The normalized spacial score (nSPS) is 10.8. The minimum Gasteiger partial charge on any atom is -0.461 e. The highest BCUT2D eigenvalue weighted by molar-refractivity contribution is 7.10. The number of anilines is 1. The summed E-state index contributed by atoms with van der Waals surface area (Å²) in [6.07, 6.45) is 0.852. The second kappa shape index (κ2) is 5.82. The standard InChI is InChI=1S/C17H17N3OS/c1-4-15-14(12-7-5-6-8-16(12)21-15)10-20(3)17-13(9-18)11(2)19-22-17/h5-8H,4,10H2,1-3H3. The molecule has 3 rings (SSSR count). The van der Waals surface area contributed by atoms with Gasteiger partial charge in [-0.05, 0) is 24.5 Å². The zero-order valence-electron chi connectivity index (χ0n) is 12.9. The van der Waals surface area contributed by atoms with Crippen LogP contribution in [0.3, 0.4) is 0 Å². The van der Waals surface area contributed by atoms with Crippen molar-refractivity contribution >= 4 is 27.5 Å². The van der Waals surface area contributed by atoms with Crippen LogP contribution in [0.5, 0.6) is 0 Å². The van der Waals surface area contributed by atoms with E-state index in [1.54, 1.807) is 0 Å². The van der Waals surface area contributed by atoms with Crippen molar-refractivity contribution in [1.82, 2.24) is 4.37 Å². The molecular weight excluding hydrogens is 294 g/mol. The molecule has 0 unspecified atom stereocenters. The molecule has 5 heteroatoms. The summed E-state index contributed by atoms with van der Waals surface area (Å²) in [7, 11) is 2.00. The van der Waals surface area contributed by atoms with Crippen molar-refractivity contribution in [3.63, 3.8) is 0 Å². The number of hydrogen-bond donors (Lipinski definition) is 0. The van der Waals surface area contributed by atoms with Gasteiger partial charge < -0.3 is 9.32 Å². The van der Waals surface area contributed by atoms with Crippen LogP contribution in [0.4, 0.5) is 5.00 Å². The first-order valence-corrected chi connectivity index (χ1v) is 7.99. The van der Waals surface area contributed by atoms with E-state index in [2.05, 4.69) is 28.3 Å². The molecule has 4 nitrogen and oxygen atoms in total. The van der Waals surface area contributed by atoms with E-state index in [-0.39, 0.29) is 0 Å². The molecule has 0 spiro atoms. The second-order valence-electron chi connectivity index (χ2n) is 5.27. The Labute approximate surface area is 133 Å². The first kappa shape index (κ1) is 14.6. The summed E-state index contributed by atoms with van der Waals surface area (Å²) in [4.78, 5) is 2.08. The van der Waals surface area contributed by atoms with Crippen molar-refractivity contribution in [2.24, 2.45) is 0 Å². The van der Waals surface area contributed by atoms with Crippen molar-refractivity contribution in [3.05, 3.63) is 46.8 Å². The van der Waals surface area contributed by atoms with Gasteiger partial charge in [-0.3, -0.25) is 0 Å². The maximum absolute atomic E-state index is 9.31. The Bertz CT molecular complexity index is 857. The Balaban J connectivity index is 2.01. The molecule has 0 saturated heterocycles. The van der Waals surface area contributed by atoms with E-state index in [0.717, 1.165) is 33.8 Å². The van der Waals surface area contributed by atoms with E-state index >= 15 is 0 Å². The van der Waals surface area contributed by atoms with Gasteiger partial charge >= 0.3 is 0 Å². The lowest BCUT2D eigenvalue weighted by molar-refractivity contribution is 0.549. The van der Waals surface area contributed by atoms with E-state index in [9.17, 15) is 5.26 Å². The van der Waals surface area contributed by atoms with Crippen molar-refractivity contribution < 1.29 is 4.42 Å². The molecule has 0 radical (unpaired) electrons. The highest BCUT2D eigenvalue weighted by Crippen LogP contribution is 2.32. The van der Waals surface area contributed by atoms with Crippen molar-refractivity contribution in [2.45, 2.75) is 26.8 Å². The highest BCUT2D eigenvalue weighted by Gasteiger charge is 2.18. The molecule has 0 amide bonds. The lowest BCUT2D eigenvalue weighted by Crippen LogP contribution is -2.16. The fourth-order valence-corrected chi connectivity index (χ4v) is 3.47. The van der Waals surface area contributed by atoms with E-state index in [4.69, 9.17) is 4.42 Å². The minimum absolute atomic E-state index is 0.665. The number of benzene rings is 1. The number of hydrogen-bond acceptors (Lipinski definition) is 5. The van der Waals surface area contributed by atoms with Crippen LogP contribution in [0.2, 0.25) is 0 Å². The molecule has 2 aromatic heterocycles. The third kappa shape index (κ3) is 2.36. The molecule has 0 fully saturated rings. The monoisotopic (exact) mass is 311 g/mol. The van der Waals surface area contributed by atoms with Gasteiger partial charge in [-0.25, -0.2) is 0 Å². The van der Waals surface area contributed by atoms with Crippen molar-refractivity contribution in [1.29, 1.82) is 5.26 Å². The van der Waals surface area contributed by atoms with E-state index in [1.165, 1.54) is 17.1 Å². The fraction of sp³-hybridized carbons (Fsp3) is 0.294. The second-order valence-corrected chi connectivity index (χ2v) is 6.02. The van der Waals surface area contributed by atoms with E-state index in [0.29, 0.717) is 12.1 Å². The van der Waals surface area contributed by atoms with Crippen molar-refractivity contribution in [2.75, 3.05) is 11.9 Å². The summed E-state index contributed by atoms with van der Waals surface area (Å²) < 4.78 is 10.2. The van der Waals surface area contributed by atoms with Gasteiger partial charge in [0.15, 0.2) is 0 Å². The largest absolute Gasteiger partial charge is 0.461 e. The third-order valence-corrected chi connectivity index (χ3v) is 4.86. The molecule has 0 aliphatic rings. The van der Waals surface area contributed by atoms with Crippen LogP contribution in [-0.2, 0) is 13.0 Å². The number of aromatic nitrogens is 1. The predicted molar refractivity (Wildman–Crippen MR) is 89.3 cm³/mol. The van der Waals surface area contributed by atoms with Gasteiger partial charge in [0.2, 0.25) is 0 Å². The number of rotatable bonds is 4. The van der Waals surface area contributed by atoms with Crippen LogP contribution >= 0.6 is 11.5 Å². The zero-order chi connectivity index (χ0) is 15.7. The lowest BCUT2D eigenvalue weighted by Gasteiger charge is -2.17. The Morgan fingerprint density at radius 2 is 2.14 bits per heavy atom. The molecule has 0 saturated carbocycles. The van der Waals surface area contributed by atoms with Crippen LogP contribution in [0.1, 0.15) is 29.5 Å². The minimum atomic E-state index is 0.665. The molecule has 22 heavy (non-hydrogen) atoms. The third-order valence-electron chi connectivity index (χ3n) is 3.80. The molecule has 112 valence electrons. The van der Waals surface area contributed by atoms with Crippen LogP contribution in [0.25, 0.3) is 11.0 Å². The molecule has 0 aliphatic carbocycles. The smallest absolute Gasteiger partial charge is 0.134 e. The van der Waals surface area contributed by atoms with Crippen LogP contribution < -0.4 is 4.90 Å². The number of fused-ring (bicyclic) bond motifs is 1. The number of furan rings is 1. The lowest BCUT2D eigenvalue weighted by atomic mass is 10.1. The number of aryl methyl sites for hydroxylation is 2. The average Bonchev–Trinajstić information content (AvgIpc) is 3.08. The summed E-state index contributed by atoms with van der Waals surface area (Å²) in [5.74, 6) is 1.01. The molecule has 0 N–H and O–H groups in total. The van der Waals surface area contributed by atoms with Gasteiger partial charge in [0, 0.05) is 31.0 Å². The SMILES string of the molecule is CCc1oc2ccccc2c1CN(C)c1snc(C)c1C#N. The van der Waals surface area contributed by atoms with Crippen LogP contribution in [0.15, 0.2) is 28.7 Å². The van der Waals surface area contributed by atoms with Gasteiger partial charge in [0.05, 0.1) is 5.69 Å². The molecule has 2 heterocycles. The number of nitrogens with zero attached hydrogens (tertiary/aromatic N) is 3. The van der Waals surface area contributed by atoms with Gasteiger partial charge in [0.1, 0.15) is 28.0 Å². The molecule has 0 bridgehead atoms. The quantitative estimate of drug-likeness (QED) is 0.722. The summed E-state index contributed by atoms with van der Waals surface area (Å²) in [5.41, 5.74) is 3.57. The summed E-state index contributed by atoms with van der Waals surface area (Å²) in [6.45, 7) is 4.67. The molecule has 1 aromatic carbocycles.